The monoisotopic (exact) mass is 300 g/mol. The standard InChI is InChI=1S/C15H18F2O4/c1-3-12(14(18)19)5-4-6-13(21-15(16)17)10(2)20-9-11-7-8-11/h1,5-6,10-11,15H,4,7-9H2,2H3,(H,18,19)/b12-5+,13-6?/t10-/m0/s1. The van der Waals surface area contributed by atoms with E-state index in [4.69, 9.17) is 16.3 Å². The summed E-state index contributed by atoms with van der Waals surface area (Å²) in [6.45, 7) is -0.843. The van der Waals surface area contributed by atoms with Gasteiger partial charge in [0.25, 0.3) is 0 Å². The summed E-state index contributed by atoms with van der Waals surface area (Å²) >= 11 is 0. The van der Waals surface area contributed by atoms with Gasteiger partial charge in [-0.05, 0) is 38.2 Å². The van der Waals surface area contributed by atoms with E-state index in [0.29, 0.717) is 12.5 Å². The van der Waals surface area contributed by atoms with E-state index in [2.05, 4.69) is 4.74 Å². The molecule has 1 saturated carbocycles. The number of carboxylic acid groups (broad SMARTS) is 1. The Morgan fingerprint density at radius 3 is 2.62 bits per heavy atom. The van der Waals surface area contributed by atoms with Crippen LogP contribution in [-0.2, 0) is 14.3 Å². The maximum absolute atomic E-state index is 12.4. The fourth-order valence-corrected chi connectivity index (χ4v) is 1.56. The van der Waals surface area contributed by atoms with Crippen molar-refractivity contribution < 1.29 is 28.2 Å². The number of carbonyl (C=O) groups is 1. The smallest absolute Gasteiger partial charge is 0.387 e. The number of carboxylic acids is 1. The molecule has 0 bridgehead atoms. The quantitative estimate of drug-likeness (QED) is 0.404. The molecule has 0 heterocycles. The van der Waals surface area contributed by atoms with Crippen molar-refractivity contribution in [3.05, 3.63) is 23.5 Å². The first-order chi connectivity index (χ1) is 9.93. The van der Waals surface area contributed by atoms with Gasteiger partial charge in [0.05, 0.1) is 6.61 Å². The minimum atomic E-state index is -2.96. The molecular formula is C15H18F2O4. The van der Waals surface area contributed by atoms with Gasteiger partial charge in [0.2, 0.25) is 0 Å². The highest BCUT2D eigenvalue weighted by Crippen LogP contribution is 2.30. The molecule has 1 N–H and O–H groups in total. The van der Waals surface area contributed by atoms with Crippen LogP contribution in [0.4, 0.5) is 8.78 Å². The number of rotatable bonds is 9. The van der Waals surface area contributed by atoms with Crippen molar-refractivity contribution in [1.29, 1.82) is 0 Å². The van der Waals surface area contributed by atoms with E-state index in [0.717, 1.165) is 12.8 Å². The normalized spacial score (nSPS) is 17.5. The molecule has 116 valence electrons. The Balaban J connectivity index is 2.63. The zero-order valence-corrected chi connectivity index (χ0v) is 11.7. The SMILES string of the molecule is C#C/C(=C\CC=C(OC(F)F)[C@H](C)OCC1CC1)C(=O)O. The van der Waals surface area contributed by atoms with Crippen LogP contribution in [0.15, 0.2) is 23.5 Å². The van der Waals surface area contributed by atoms with Gasteiger partial charge < -0.3 is 14.6 Å². The summed E-state index contributed by atoms with van der Waals surface area (Å²) in [5, 5.41) is 8.74. The first kappa shape index (κ1) is 17.2. The fourth-order valence-electron chi connectivity index (χ4n) is 1.56. The lowest BCUT2D eigenvalue weighted by Crippen LogP contribution is -2.17. The number of hydrogen-bond donors (Lipinski definition) is 1. The largest absolute Gasteiger partial charge is 0.477 e. The molecule has 1 aliphatic carbocycles. The summed E-state index contributed by atoms with van der Waals surface area (Å²) < 4.78 is 34.6. The summed E-state index contributed by atoms with van der Waals surface area (Å²) in [7, 11) is 0. The van der Waals surface area contributed by atoms with Gasteiger partial charge in [0.15, 0.2) is 0 Å². The lowest BCUT2D eigenvalue weighted by atomic mass is 10.2. The molecule has 0 saturated heterocycles. The number of ether oxygens (including phenoxy) is 2. The van der Waals surface area contributed by atoms with Gasteiger partial charge in [-0.15, -0.1) is 6.42 Å². The molecule has 0 aliphatic heterocycles. The van der Waals surface area contributed by atoms with E-state index in [9.17, 15) is 13.6 Å². The number of hydrogen-bond acceptors (Lipinski definition) is 3. The first-order valence-corrected chi connectivity index (χ1v) is 6.60. The van der Waals surface area contributed by atoms with Crippen LogP contribution in [0.5, 0.6) is 0 Å². The number of alkyl halides is 2. The number of aliphatic carboxylic acids is 1. The molecule has 6 heteroatoms. The van der Waals surface area contributed by atoms with E-state index < -0.39 is 18.7 Å². The highest BCUT2D eigenvalue weighted by molar-refractivity contribution is 5.91. The van der Waals surface area contributed by atoms with Gasteiger partial charge in [0.1, 0.15) is 17.4 Å². The van der Waals surface area contributed by atoms with Crippen LogP contribution in [0, 0.1) is 18.3 Å². The molecule has 0 spiro atoms. The van der Waals surface area contributed by atoms with Gasteiger partial charge in [-0.25, -0.2) is 4.79 Å². The molecular weight excluding hydrogens is 282 g/mol. The Bertz CT molecular complexity index is 459. The van der Waals surface area contributed by atoms with Gasteiger partial charge in [-0.1, -0.05) is 12.0 Å². The lowest BCUT2D eigenvalue weighted by molar-refractivity contribution is -0.132. The number of allylic oxidation sites excluding steroid dienone is 2. The zero-order chi connectivity index (χ0) is 15.8. The fraction of sp³-hybridized carbons (Fsp3) is 0.533. The van der Waals surface area contributed by atoms with Crippen molar-refractivity contribution in [1.82, 2.24) is 0 Å². The van der Waals surface area contributed by atoms with Crippen molar-refractivity contribution in [2.75, 3.05) is 6.61 Å². The summed E-state index contributed by atoms with van der Waals surface area (Å²) in [5.41, 5.74) is -0.228. The van der Waals surface area contributed by atoms with Crippen molar-refractivity contribution >= 4 is 5.97 Å². The van der Waals surface area contributed by atoms with Crippen molar-refractivity contribution in [2.24, 2.45) is 5.92 Å². The third kappa shape index (κ3) is 6.91. The molecule has 1 aliphatic rings. The Morgan fingerprint density at radius 2 is 2.14 bits per heavy atom. The lowest BCUT2D eigenvalue weighted by Gasteiger charge is -2.17. The molecule has 1 rings (SSSR count). The molecule has 0 radical (unpaired) electrons. The zero-order valence-electron chi connectivity index (χ0n) is 11.7. The molecule has 0 unspecified atom stereocenters. The third-order valence-electron chi connectivity index (χ3n) is 2.93. The van der Waals surface area contributed by atoms with Gasteiger partial charge >= 0.3 is 12.6 Å². The van der Waals surface area contributed by atoms with Crippen LogP contribution in [0.25, 0.3) is 0 Å². The van der Waals surface area contributed by atoms with Crippen molar-refractivity contribution in [2.45, 2.75) is 38.9 Å². The number of halogens is 2. The predicted molar refractivity (Wildman–Crippen MR) is 72.5 cm³/mol. The van der Waals surface area contributed by atoms with E-state index in [1.807, 2.05) is 5.92 Å². The number of terminal acetylenes is 1. The molecule has 0 aromatic carbocycles. The minimum absolute atomic E-state index is 0.0244. The van der Waals surface area contributed by atoms with Crippen LogP contribution >= 0.6 is 0 Å². The van der Waals surface area contributed by atoms with Gasteiger partial charge in [-0.2, -0.15) is 8.78 Å². The highest BCUT2D eigenvalue weighted by atomic mass is 19.3. The maximum Gasteiger partial charge on any atom is 0.387 e. The van der Waals surface area contributed by atoms with Crippen molar-refractivity contribution in [3.63, 3.8) is 0 Å². The Morgan fingerprint density at radius 1 is 1.48 bits per heavy atom. The van der Waals surface area contributed by atoms with E-state index in [1.54, 1.807) is 6.92 Å². The van der Waals surface area contributed by atoms with Crippen LogP contribution in [0.1, 0.15) is 26.2 Å². The maximum atomic E-state index is 12.4. The highest BCUT2D eigenvalue weighted by Gasteiger charge is 2.24. The summed E-state index contributed by atoms with van der Waals surface area (Å²) in [5.74, 6) is 1.25. The van der Waals surface area contributed by atoms with Crippen LogP contribution in [-0.4, -0.2) is 30.4 Å². The second kappa shape index (κ2) is 8.42. The minimum Gasteiger partial charge on any atom is -0.477 e. The molecule has 1 atom stereocenters. The average molecular weight is 300 g/mol. The van der Waals surface area contributed by atoms with Gasteiger partial charge in [0, 0.05) is 0 Å². The van der Waals surface area contributed by atoms with Crippen LogP contribution < -0.4 is 0 Å². The third-order valence-corrected chi connectivity index (χ3v) is 2.93. The summed E-state index contributed by atoms with van der Waals surface area (Å²) in [4.78, 5) is 10.7. The Labute approximate surface area is 122 Å². The first-order valence-electron chi connectivity index (χ1n) is 6.60. The summed E-state index contributed by atoms with van der Waals surface area (Å²) in [6, 6.07) is 0. The van der Waals surface area contributed by atoms with Gasteiger partial charge in [-0.3, -0.25) is 0 Å². The molecule has 0 aromatic rings. The second-order valence-electron chi connectivity index (χ2n) is 4.71. The molecule has 1 fully saturated rings. The molecule has 0 aromatic heterocycles. The molecule has 21 heavy (non-hydrogen) atoms. The summed E-state index contributed by atoms with van der Waals surface area (Å²) in [6.07, 6.45) is 9.27. The Kier molecular flexibility index (Phi) is 6.89. The second-order valence-corrected chi connectivity index (χ2v) is 4.71. The van der Waals surface area contributed by atoms with Crippen LogP contribution in [0.2, 0.25) is 0 Å². The van der Waals surface area contributed by atoms with E-state index in [-0.39, 0.29) is 17.8 Å². The van der Waals surface area contributed by atoms with Crippen molar-refractivity contribution in [3.8, 4) is 12.3 Å². The average Bonchev–Trinajstić information content (AvgIpc) is 3.22. The Hall–Kier alpha value is -1.87. The topological polar surface area (TPSA) is 55.8 Å². The predicted octanol–water partition coefficient (Wildman–Crippen LogP) is 2.96. The molecule has 0 amide bonds. The molecule has 4 nitrogen and oxygen atoms in total. The van der Waals surface area contributed by atoms with E-state index >= 15 is 0 Å². The van der Waals surface area contributed by atoms with Crippen LogP contribution in [0.3, 0.4) is 0 Å². The van der Waals surface area contributed by atoms with E-state index in [1.165, 1.54) is 12.2 Å².